The van der Waals surface area contributed by atoms with Crippen LogP contribution in [0.4, 0.5) is 0 Å². The summed E-state index contributed by atoms with van der Waals surface area (Å²) in [5, 5.41) is 10.1. The number of aliphatic carboxylic acids is 1. The van der Waals surface area contributed by atoms with Gasteiger partial charge in [-0.25, -0.2) is 0 Å². The number of para-hydroxylation sites is 1. The zero-order chi connectivity index (χ0) is 14.8. The van der Waals surface area contributed by atoms with Crippen molar-refractivity contribution >= 4 is 22.7 Å². The van der Waals surface area contributed by atoms with Gasteiger partial charge in [-0.3, -0.25) is 9.59 Å². The van der Waals surface area contributed by atoms with Gasteiger partial charge in [-0.15, -0.1) is 0 Å². The number of rotatable bonds is 4. The highest BCUT2D eigenvalue weighted by Gasteiger charge is 2.31. The zero-order valence-corrected chi connectivity index (χ0v) is 11.0. The molecule has 4 heteroatoms. The number of carboxylic acid groups (broad SMARTS) is 1. The summed E-state index contributed by atoms with van der Waals surface area (Å²) in [6, 6.07) is 17.2. The van der Waals surface area contributed by atoms with Gasteiger partial charge in [0.2, 0.25) is 5.78 Å². The molecule has 104 valence electrons. The molecule has 0 saturated carbocycles. The SMILES string of the molecule is O=C(O)C(C(=O)c1cc2ccccc2o1)c1ccccc1. The maximum absolute atomic E-state index is 12.5. The van der Waals surface area contributed by atoms with Crippen LogP contribution in [0.1, 0.15) is 22.0 Å². The van der Waals surface area contributed by atoms with Gasteiger partial charge < -0.3 is 9.52 Å². The highest BCUT2D eigenvalue weighted by atomic mass is 16.4. The van der Waals surface area contributed by atoms with Crippen molar-refractivity contribution in [3.63, 3.8) is 0 Å². The number of furan rings is 1. The molecule has 3 rings (SSSR count). The molecule has 0 aliphatic heterocycles. The average molecular weight is 280 g/mol. The number of Topliss-reactive ketones (excluding diaryl/α,β-unsaturated/α-hetero) is 1. The van der Waals surface area contributed by atoms with Gasteiger partial charge >= 0.3 is 5.97 Å². The van der Waals surface area contributed by atoms with Gasteiger partial charge in [0.15, 0.2) is 5.76 Å². The van der Waals surface area contributed by atoms with Crippen molar-refractivity contribution in [1.29, 1.82) is 0 Å². The molecule has 1 atom stereocenters. The van der Waals surface area contributed by atoms with E-state index in [9.17, 15) is 14.7 Å². The van der Waals surface area contributed by atoms with E-state index in [1.165, 1.54) is 0 Å². The standard InChI is InChI=1S/C17H12O4/c18-16(14-10-12-8-4-5-9-13(12)21-14)15(17(19)20)11-6-2-1-3-7-11/h1-10,15H,(H,19,20). The lowest BCUT2D eigenvalue weighted by molar-refractivity contribution is -0.137. The number of hydrogen-bond acceptors (Lipinski definition) is 3. The molecule has 1 unspecified atom stereocenters. The predicted octanol–water partition coefficient (Wildman–Crippen LogP) is 3.48. The van der Waals surface area contributed by atoms with Gasteiger partial charge in [0.1, 0.15) is 11.5 Å². The number of carbonyl (C=O) groups excluding carboxylic acids is 1. The molecule has 1 N–H and O–H groups in total. The van der Waals surface area contributed by atoms with Crippen molar-refractivity contribution in [1.82, 2.24) is 0 Å². The molecule has 0 radical (unpaired) electrons. The molecule has 3 aromatic rings. The largest absolute Gasteiger partial charge is 0.480 e. The quantitative estimate of drug-likeness (QED) is 0.587. The molecule has 0 amide bonds. The lowest BCUT2D eigenvalue weighted by Gasteiger charge is -2.09. The van der Waals surface area contributed by atoms with E-state index in [0.29, 0.717) is 11.1 Å². The molecular weight excluding hydrogens is 268 g/mol. The van der Waals surface area contributed by atoms with Crippen molar-refractivity contribution in [2.75, 3.05) is 0 Å². The Labute approximate surface area is 120 Å². The number of benzene rings is 2. The summed E-state index contributed by atoms with van der Waals surface area (Å²) in [6.07, 6.45) is 0. The van der Waals surface area contributed by atoms with Crippen LogP contribution in [0.3, 0.4) is 0 Å². The van der Waals surface area contributed by atoms with Crippen molar-refractivity contribution in [3.05, 3.63) is 72.0 Å². The highest BCUT2D eigenvalue weighted by molar-refractivity contribution is 6.12. The molecule has 0 bridgehead atoms. The summed E-state index contributed by atoms with van der Waals surface area (Å²) >= 11 is 0. The second-order valence-electron chi connectivity index (χ2n) is 4.69. The first-order valence-electron chi connectivity index (χ1n) is 6.47. The topological polar surface area (TPSA) is 67.5 Å². The fourth-order valence-electron chi connectivity index (χ4n) is 2.30. The fourth-order valence-corrected chi connectivity index (χ4v) is 2.30. The Kier molecular flexibility index (Phi) is 3.28. The molecule has 1 aromatic heterocycles. The smallest absolute Gasteiger partial charge is 0.319 e. The fraction of sp³-hybridized carbons (Fsp3) is 0.0588. The lowest BCUT2D eigenvalue weighted by atomic mass is 9.93. The maximum Gasteiger partial charge on any atom is 0.319 e. The normalized spacial score (nSPS) is 12.2. The average Bonchev–Trinajstić information content (AvgIpc) is 2.92. The molecular formula is C17H12O4. The minimum absolute atomic E-state index is 0.0625. The van der Waals surface area contributed by atoms with Crippen LogP contribution in [0, 0.1) is 0 Å². The molecule has 21 heavy (non-hydrogen) atoms. The van der Waals surface area contributed by atoms with E-state index in [2.05, 4.69) is 0 Å². The Morgan fingerprint density at radius 1 is 0.952 bits per heavy atom. The summed E-state index contributed by atoms with van der Waals surface area (Å²) in [5.41, 5.74) is 1.01. The van der Waals surface area contributed by atoms with E-state index in [-0.39, 0.29) is 5.76 Å². The van der Waals surface area contributed by atoms with Gasteiger partial charge in [-0.1, -0.05) is 48.5 Å². The molecule has 1 heterocycles. The number of carbonyl (C=O) groups is 2. The molecule has 0 saturated heterocycles. The van der Waals surface area contributed by atoms with Gasteiger partial charge in [-0.05, 0) is 17.7 Å². The minimum atomic E-state index is -1.26. The van der Waals surface area contributed by atoms with Gasteiger partial charge in [0, 0.05) is 5.39 Å². The predicted molar refractivity (Wildman–Crippen MR) is 77.4 cm³/mol. The lowest BCUT2D eigenvalue weighted by Crippen LogP contribution is -2.21. The van der Waals surface area contributed by atoms with E-state index in [1.807, 2.05) is 12.1 Å². The van der Waals surface area contributed by atoms with Crippen LogP contribution in [0.25, 0.3) is 11.0 Å². The second-order valence-corrected chi connectivity index (χ2v) is 4.69. The molecule has 0 spiro atoms. The Bertz CT molecular complexity index is 769. The van der Waals surface area contributed by atoms with Crippen molar-refractivity contribution < 1.29 is 19.1 Å². The van der Waals surface area contributed by atoms with Crippen molar-refractivity contribution in [3.8, 4) is 0 Å². The van der Waals surface area contributed by atoms with Gasteiger partial charge in [0.05, 0.1) is 0 Å². The van der Waals surface area contributed by atoms with E-state index >= 15 is 0 Å². The third-order valence-electron chi connectivity index (χ3n) is 3.31. The number of hydrogen-bond donors (Lipinski definition) is 1. The second kappa shape index (κ2) is 5.25. The number of fused-ring (bicyclic) bond motifs is 1. The van der Waals surface area contributed by atoms with Crippen LogP contribution in [-0.4, -0.2) is 16.9 Å². The molecule has 0 fully saturated rings. The van der Waals surface area contributed by atoms with Crippen LogP contribution < -0.4 is 0 Å². The molecule has 2 aromatic carbocycles. The first-order chi connectivity index (χ1) is 10.2. The van der Waals surface area contributed by atoms with Gasteiger partial charge in [0.25, 0.3) is 0 Å². The first-order valence-corrected chi connectivity index (χ1v) is 6.47. The van der Waals surface area contributed by atoms with Crippen molar-refractivity contribution in [2.45, 2.75) is 5.92 Å². The summed E-state index contributed by atoms with van der Waals surface area (Å²) in [6.45, 7) is 0. The Balaban J connectivity index is 2.03. The van der Waals surface area contributed by atoms with Crippen molar-refractivity contribution in [2.24, 2.45) is 0 Å². The van der Waals surface area contributed by atoms with E-state index in [4.69, 9.17) is 4.42 Å². The van der Waals surface area contributed by atoms with E-state index in [0.717, 1.165) is 5.39 Å². The van der Waals surface area contributed by atoms with Crippen LogP contribution >= 0.6 is 0 Å². The van der Waals surface area contributed by atoms with E-state index < -0.39 is 17.7 Å². The summed E-state index contributed by atoms with van der Waals surface area (Å²) in [5.74, 6) is -2.93. The molecule has 0 aliphatic carbocycles. The number of carboxylic acids is 1. The molecule has 0 aliphatic rings. The first kappa shape index (κ1) is 13.1. The third kappa shape index (κ3) is 2.43. The zero-order valence-electron chi connectivity index (χ0n) is 11.0. The minimum Gasteiger partial charge on any atom is -0.480 e. The highest BCUT2D eigenvalue weighted by Crippen LogP contribution is 2.26. The van der Waals surface area contributed by atoms with Crippen LogP contribution in [0.2, 0.25) is 0 Å². The Morgan fingerprint density at radius 3 is 2.29 bits per heavy atom. The maximum atomic E-state index is 12.5. The third-order valence-corrected chi connectivity index (χ3v) is 3.31. The van der Waals surface area contributed by atoms with Crippen LogP contribution in [-0.2, 0) is 4.79 Å². The monoisotopic (exact) mass is 280 g/mol. The summed E-state index contributed by atoms with van der Waals surface area (Å²) < 4.78 is 5.47. The summed E-state index contributed by atoms with van der Waals surface area (Å²) in [4.78, 5) is 23.9. The molecule has 4 nitrogen and oxygen atoms in total. The van der Waals surface area contributed by atoms with Crippen LogP contribution in [0.15, 0.2) is 65.1 Å². The van der Waals surface area contributed by atoms with Crippen LogP contribution in [0.5, 0.6) is 0 Å². The van der Waals surface area contributed by atoms with Gasteiger partial charge in [-0.2, -0.15) is 0 Å². The van der Waals surface area contributed by atoms with E-state index in [1.54, 1.807) is 48.5 Å². The Morgan fingerprint density at radius 2 is 1.62 bits per heavy atom. The Hall–Kier alpha value is -2.88. The summed E-state index contributed by atoms with van der Waals surface area (Å²) in [7, 11) is 0. The number of ketones is 1.